The second-order valence-corrected chi connectivity index (χ2v) is 2.38. The molecule has 3 N–H and O–H groups in total. The highest BCUT2D eigenvalue weighted by atomic mass is 19.4. The van der Waals surface area contributed by atoms with E-state index in [1.54, 1.807) is 0 Å². The number of nitrogens with zero attached hydrogens (tertiary/aromatic N) is 1. The number of aromatic carboxylic acids is 1. The standard InChI is InChI=1S/C6H4F3N3O3/c7-6(8,9)5(15)12-3-2(4(13)14)10-1-11-3/h1H,(H,10,11)(H,12,15)(H,13,14). The van der Waals surface area contributed by atoms with Gasteiger partial charge in [-0.15, -0.1) is 0 Å². The van der Waals surface area contributed by atoms with Crippen molar-refractivity contribution < 1.29 is 27.9 Å². The van der Waals surface area contributed by atoms with Crippen LogP contribution in [0, 0.1) is 0 Å². The van der Waals surface area contributed by atoms with E-state index >= 15 is 0 Å². The van der Waals surface area contributed by atoms with Crippen LogP contribution in [-0.4, -0.2) is 33.1 Å². The van der Waals surface area contributed by atoms with Crippen molar-refractivity contribution in [3.05, 3.63) is 12.0 Å². The average molecular weight is 223 g/mol. The van der Waals surface area contributed by atoms with Crippen LogP contribution in [0.2, 0.25) is 0 Å². The Hall–Kier alpha value is -2.06. The molecule has 0 spiro atoms. The molecule has 0 aliphatic carbocycles. The first-order valence-corrected chi connectivity index (χ1v) is 3.47. The first-order valence-electron chi connectivity index (χ1n) is 3.47. The fourth-order valence-corrected chi connectivity index (χ4v) is 0.730. The van der Waals surface area contributed by atoms with E-state index in [1.807, 2.05) is 0 Å². The fraction of sp³-hybridized carbons (Fsp3) is 0.167. The van der Waals surface area contributed by atoms with Crippen molar-refractivity contribution in [2.24, 2.45) is 0 Å². The van der Waals surface area contributed by atoms with E-state index in [-0.39, 0.29) is 0 Å². The number of aromatic nitrogens is 2. The lowest BCUT2D eigenvalue weighted by molar-refractivity contribution is -0.167. The number of H-pyrrole nitrogens is 1. The lowest BCUT2D eigenvalue weighted by atomic mass is 10.4. The lowest BCUT2D eigenvalue weighted by Crippen LogP contribution is -2.30. The number of amides is 1. The molecule has 0 saturated carbocycles. The highest BCUT2D eigenvalue weighted by molar-refractivity contribution is 5.99. The average Bonchev–Trinajstić information content (AvgIpc) is 2.50. The normalized spacial score (nSPS) is 11.1. The summed E-state index contributed by atoms with van der Waals surface area (Å²) in [4.78, 5) is 26.1. The van der Waals surface area contributed by atoms with Gasteiger partial charge in [0, 0.05) is 0 Å². The molecule has 0 saturated heterocycles. The van der Waals surface area contributed by atoms with E-state index in [0.717, 1.165) is 6.33 Å². The Morgan fingerprint density at radius 2 is 2.07 bits per heavy atom. The van der Waals surface area contributed by atoms with Crippen molar-refractivity contribution in [2.45, 2.75) is 6.18 Å². The number of carbonyl (C=O) groups excluding carboxylic acids is 1. The van der Waals surface area contributed by atoms with Crippen molar-refractivity contribution in [3.63, 3.8) is 0 Å². The molecule has 1 aromatic rings. The van der Waals surface area contributed by atoms with Crippen molar-refractivity contribution in [1.29, 1.82) is 0 Å². The predicted molar refractivity (Wildman–Crippen MR) is 40.2 cm³/mol. The molecule has 0 radical (unpaired) electrons. The minimum absolute atomic E-state index is 0.618. The van der Waals surface area contributed by atoms with Gasteiger partial charge in [0.15, 0.2) is 11.5 Å². The van der Waals surface area contributed by atoms with Gasteiger partial charge in [-0.3, -0.25) is 4.79 Å². The molecule has 9 heteroatoms. The van der Waals surface area contributed by atoms with Gasteiger partial charge < -0.3 is 15.4 Å². The van der Waals surface area contributed by atoms with E-state index < -0.39 is 29.6 Å². The van der Waals surface area contributed by atoms with Crippen LogP contribution in [0.25, 0.3) is 0 Å². The molecule has 1 aromatic heterocycles. The highest BCUT2D eigenvalue weighted by Crippen LogP contribution is 2.18. The molecule has 15 heavy (non-hydrogen) atoms. The summed E-state index contributed by atoms with van der Waals surface area (Å²) in [6.07, 6.45) is -4.23. The number of hydrogen-bond acceptors (Lipinski definition) is 3. The SMILES string of the molecule is O=C(O)c1[nH]cnc1NC(=O)C(F)(F)F. The summed E-state index contributed by atoms with van der Waals surface area (Å²) in [5, 5.41) is 9.79. The van der Waals surface area contributed by atoms with Crippen LogP contribution in [0.5, 0.6) is 0 Å². The third kappa shape index (κ3) is 2.45. The Bertz CT molecular complexity index is 398. The molecule has 1 heterocycles. The molecule has 1 rings (SSSR count). The molecule has 6 nitrogen and oxygen atoms in total. The maximum atomic E-state index is 11.8. The number of alkyl halides is 3. The quantitative estimate of drug-likeness (QED) is 0.684. The Kier molecular flexibility index (Phi) is 2.64. The largest absolute Gasteiger partial charge is 0.476 e. The Morgan fingerprint density at radius 1 is 1.47 bits per heavy atom. The first-order chi connectivity index (χ1) is 6.82. The maximum absolute atomic E-state index is 11.8. The van der Waals surface area contributed by atoms with E-state index in [0.29, 0.717) is 0 Å². The monoisotopic (exact) mass is 223 g/mol. The van der Waals surface area contributed by atoms with Gasteiger partial charge in [0.05, 0.1) is 6.33 Å². The second kappa shape index (κ2) is 3.59. The van der Waals surface area contributed by atoms with Gasteiger partial charge in [-0.2, -0.15) is 13.2 Å². The van der Waals surface area contributed by atoms with Crippen molar-refractivity contribution in [1.82, 2.24) is 9.97 Å². The maximum Gasteiger partial charge on any atom is 0.471 e. The third-order valence-corrected chi connectivity index (χ3v) is 1.34. The molecule has 0 bridgehead atoms. The van der Waals surface area contributed by atoms with Crippen LogP contribution < -0.4 is 5.32 Å². The topological polar surface area (TPSA) is 95.1 Å². The molecule has 0 atom stereocenters. The molecule has 1 amide bonds. The second-order valence-electron chi connectivity index (χ2n) is 2.38. The molecular formula is C6H4F3N3O3. The summed E-state index contributed by atoms with van der Waals surface area (Å²) in [5.41, 5.74) is -0.618. The van der Waals surface area contributed by atoms with Crippen molar-refractivity contribution in [2.75, 3.05) is 5.32 Å². The molecular weight excluding hydrogens is 219 g/mol. The number of carboxylic acid groups (broad SMARTS) is 1. The number of imidazole rings is 1. The number of anilines is 1. The molecule has 0 unspecified atom stereocenters. The van der Waals surface area contributed by atoms with Crippen molar-refractivity contribution in [3.8, 4) is 0 Å². The van der Waals surface area contributed by atoms with Gasteiger partial charge in [0.25, 0.3) is 0 Å². The molecule has 0 aromatic carbocycles. The first kappa shape index (κ1) is 11.0. The summed E-state index contributed by atoms with van der Waals surface area (Å²) in [6, 6.07) is 0. The molecule has 0 aliphatic rings. The Morgan fingerprint density at radius 3 is 2.53 bits per heavy atom. The van der Waals surface area contributed by atoms with Crippen molar-refractivity contribution >= 4 is 17.7 Å². The number of aromatic amines is 1. The highest BCUT2D eigenvalue weighted by Gasteiger charge is 2.39. The number of carboxylic acids is 1. The number of carbonyl (C=O) groups is 2. The number of halogens is 3. The molecule has 0 aliphatic heterocycles. The van der Waals surface area contributed by atoms with Gasteiger partial charge in [0.2, 0.25) is 0 Å². The van der Waals surface area contributed by atoms with E-state index in [9.17, 15) is 22.8 Å². The molecule has 0 fully saturated rings. The zero-order valence-electron chi connectivity index (χ0n) is 6.92. The smallest absolute Gasteiger partial charge is 0.471 e. The predicted octanol–water partition coefficient (Wildman–Crippen LogP) is 0.609. The van der Waals surface area contributed by atoms with Gasteiger partial charge in [0.1, 0.15) is 0 Å². The zero-order valence-corrected chi connectivity index (χ0v) is 6.92. The van der Waals surface area contributed by atoms with Crippen LogP contribution in [-0.2, 0) is 4.79 Å². The van der Waals surface area contributed by atoms with Gasteiger partial charge in [-0.25, -0.2) is 9.78 Å². The van der Waals surface area contributed by atoms with E-state index in [2.05, 4.69) is 9.97 Å². The van der Waals surface area contributed by atoms with Crippen LogP contribution in [0.4, 0.5) is 19.0 Å². The number of rotatable bonds is 2. The summed E-state index contributed by atoms with van der Waals surface area (Å²) in [5.74, 6) is -4.48. The number of hydrogen-bond donors (Lipinski definition) is 3. The van der Waals surface area contributed by atoms with Crippen LogP contribution in [0.3, 0.4) is 0 Å². The fourth-order valence-electron chi connectivity index (χ4n) is 0.730. The lowest BCUT2D eigenvalue weighted by Gasteiger charge is -2.05. The van der Waals surface area contributed by atoms with Gasteiger partial charge in [-0.05, 0) is 0 Å². The van der Waals surface area contributed by atoms with Crippen LogP contribution >= 0.6 is 0 Å². The Labute approximate surface area is 80.1 Å². The summed E-state index contributed by atoms with van der Waals surface area (Å²) < 4.78 is 35.3. The van der Waals surface area contributed by atoms with E-state index in [1.165, 1.54) is 5.32 Å². The summed E-state index contributed by atoms with van der Waals surface area (Å²) in [6.45, 7) is 0. The summed E-state index contributed by atoms with van der Waals surface area (Å²) >= 11 is 0. The third-order valence-electron chi connectivity index (χ3n) is 1.34. The zero-order chi connectivity index (χ0) is 11.6. The molecule has 82 valence electrons. The van der Waals surface area contributed by atoms with E-state index in [4.69, 9.17) is 5.11 Å². The minimum atomic E-state index is -5.09. The summed E-state index contributed by atoms with van der Waals surface area (Å²) in [7, 11) is 0. The Balaban J connectivity index is 2.86. The van der Waals surface area contributed by atoms with Gasteiger partial charge >= 0.3 is 18.1 Å². The minimum Gasteiger partial charge on any atom is -0.476 e. The number of nitrogens with one attached hydrogen (secondary N) is 2. The van der Waals surface area contributed by atoms with Crippen LogP contribution in [0.15, 0.2) is 6.33 Å². The van der Waals surface area contributed by atoms with Gasteiger partial charge in [-0.1, -0.05) is 0 Å². The van der Waals surface area contributed by atoms with Crippen LogP contribution in [0.1, 0.15) is 10.5 Å².